The first-order chi connectivity index (χ1) is 10.5. The molecule has 0 saturated heterocycles. The fraction of sp³-hybridized carbons (Fsp3) is 0.412. The molecular weight excluding hydrogens is 294 g/mol. The average Bonchev–Trinajstić information content (AvgIpc) is 2.81. The first kappa shape index (κ1) is 16.6. The molecule has 0 aliphatic carbocycles. The number of rotatable bonds is 6. The fourth-order valence-electron chi connectivity index (χ4n) is 2.16. The van der Waals surface area contributed by atoms with E-state index in [0.717, 1.165) is 12.1 Å². The smallest absolute Gasteiger partial charge is 0.230 e. The van der Waals surface area contributed by atoms with E-state index in [-0.39, 0.29) is 11.8 Å². The maximum atomic E-state index is 12.0. The molecule has 1 heterocycles. The molecule has 1 aromatic carbocycles. The number of aromatic nitrogens is 1. The molecule has 0 radical (unpaired) electrons. The first-order valence-electron chi connectivity index (χ1n) is 7.47. The summed E-state index contributed by atoms with van der Waals surface area (Å²) in [6, 6.07) is 8.52. The van der Waals surface area contributed by atoms with Crippen LogP contribution in [0.2, 0.25) is 0 Å². The van der Waals surface area contributed by atoms with Crippen molar-refractivity contribution in [3.8, 4) is 0 Å². The zero-order chi connectivity index (χ0) is 16.1. The molecule has 5 heteroatoms. The van der Waals surface area contributed by atoms with Crippen molar-refractivity contribution in [2.75, 3.05) is 18.9 Å². The summed E-state index contributed by atoms with van der Waals surface area (Å²) in [4.78, 5) is 17.7. The third-order valence-corrected chi connectivity index (χ3v) is 4.64. The van der Waals surface area contributed by atoms with E-state index in [1.165, 1.54) is 16.0 Å². The standard InChI is InChI=1S/C17H23N3OS/c1-11-5-7-14(8-6-11)9-15-13(3)19-17(22-15)20-16(21)12(2)10-18-4/h5-8,12,18H,9-10H2,1-4H3,(H,19,20,21). The van der Waals surface area contributed by atoms with Crippen molar-refractivity contribution in [3.63, 3.8) is 0 Å². The van der Waals surface area contributed by atoms with Crippen LogP contribution in [0.3, 0.4) is 0 Å². The second-order valence-corrected chi connectivity index (χ2v) is 6.72. The molecule has 0 aliphatic heterocycles. The number of hydrogen-bond acceptors (Lipinski definition) is 4. The third-order valence-electron chi connectivity index (χ3n) is 3.57. The van der Waals surface area contributed by atoms with Crippen molar-refractivity contribution in [2.45, 2.75) is 27.2 Å². The van der Waals surface area contributed by atoms with Crippen LogP contribution in [-0.4, -0.2) is 24.5 Å². The highest BCUT2D eigenvalue weighted by Crippen LogP contribution is 2.25. The average molecular weight is 317 g/mol. The van der Waals surface area contributed by atoms with Gasteiger partial charge in [0.15, 0.2) is 5.13 Å². The number of aryl methyl sites for hydroxylation is 2. The van der Waals surface area contributed by atoms with Gasteiger partial charge in [-0.15, -0.1) is 11.3 Å². The lowest BCUT2D eigenvalue weighted by Crippen LogP contribution is -2.28. The Labute approximate surface area is 136 Å². The number of amides is 1. The van der Waals surface area contributed by atoms with Gasteiger partial charge in [-0.05, 0) is 26.5 Å². The zero-order valence-corrected chi connectivity index (χ0v) is 14.4. The molecule has 1 unspecified atom stereocenters. The van der Waals surface area contributed by atoms with E-state index in [4.69, 9.17) is 0 Å². The first-order valence-corrected chi connectivity index (χ1v) is 8.28. The summed E-state index contributed by atoms with van der Waals surface area (Å²) in [6.45, 7) is 6.64. The van der Waals surface area contributed by atoms with Gasteiger partial charge in [0.2, 0.25) is 5.91 Å². The second-order valence-electron chi connectivity index (χ2n) is 5.64. The lowest BCUT2D eigenvalue weighted by molar-refractivity contribution is -0.119. The maximum absolute atomic E-state index is 12.0. The molecule has 0 spiro atoms. The number of hydrogen-bond donors (Lipinski definition) is 2. The minimum absolute atomic E-state index is 0.00462. The van der Waals surface area contributed by atoms with Crippen LogP contribution >= 0.6 is 11.3 Å². The van der Waals surface area contributed by atoms with Gasteiger partial charge in [0.1, 0.15) is 0 Å². The van der Waals surface area contributed by atoms with E-state index >= 15 is 0 Å². The molecule has 0 fully saturated rings. The monoisotopic (exact) mass is 317 g/mol. The summed E-state index contributed by atoms with van der Waals surface area (Å²) in [5.74, 6) is -0.0697. The number of nitrogens with one attached hydrogen (secondary N) is 2. The zero-order valence-electron chi connectivity index (χ0n) is 13.6. The number of thiazole rings is 1. The highest BCUT2D eigenvalue weighted by atomic mass is 32.1. The molecule has 0 saturated carbocycles. The molecule has 118 valence electrons. The topological polar surface area (TPSA) is 54.0 Å². The molecule has 2 rings (SSSR count). The third kappa shape index (κ3) is 4.39. The molecule has 2 aromatic rings. The van der Waals surface area contributed by atoms with Crippen molar-refractivity contribution in [2.24, 2.45) is 5.92 Å². The van der Waals surface area contributed by atoms with Gasteiger partial charge in [-0.25, -0.2) is 4.98 Å². The van der Waals surface area contributed by atoms with Crippen molar-refractivity contribution < 1.29 is 4.79 Å². The van der Waals surface area contributed by atoms with Gasteiger partial charge < -0.3 is 10.6 Å². The molecular formula is C17H23N3OS. The molecule has 0 bridgehead atoms. The molecule has 2 N–H and O–H groups in total. The summed E-state index contributed by atoms with van der Waals surface area (Å²) >= 11 is 1.56. The fourth-order valence-corrected chi connectivity index (χ4v) is 3.16. The van der Waals surface area contributed by atoms with Crippen molar-refractivity contribution in [1.82, 2.24) is 10.3 Å². The normalized spacial score (nSPS) is 12.2. The van der Waals surface area contributed by atoms with Gasteiger partial charge >= 0.3 is 0 Å². The Balaban J connectivity index is 2.04. The Morgan fingerprint density at radius 2 is 1.95 bits per heavy atom. The van der Waals surface area contributed by atoms with Crippen LogP contribution in [0.25, 0.3) is 0 Å². The highest BCUT2D eigenvalue weighted by Gasteiger charge is 2.15. The minimum atomic E-state index is -0.0743. The Bertz CT molecular complexity index is 634. The van der Waals surface area contributed by atoms with Crippen molar-refractivity contribution >= 4 is 22.4 Å². The molecule has 1 aromatic heterocycles. The largest absolute Gasteiger partial charge is 0.319 e. The van der Waals surface area contributed by atoms with Gasteiger partial charge in [0.05, 0.1) is 5.69 Å². The van der Waals surface area contributed by atoms with E-state index in [1.807, 2.05) is 20.9 Å². The maximum Gasteiger partial charge on any atom is 0.230 e. The summed E-state index contributed by atoms with van der Waals surface area (Å²) in [5, 5.41) is 6.61. The minimum Gasteiger partial charge on any atom is -0.319 e. The van der Waals surface area contributed by atoms with Gasteiger partial charge in [-0.3, -0.25) is 4.79 Å². The number of anilines is 1. The number of nitrogens with zero attached hydrogens (tertiary/aromatic N) is 1. The van der Waals surface area contributed by atoms with Gasteiger partial charge in [0, 0.05) is 23.8 Å². The van der Waals surface area contributed by atoms with E-state index in [1.54, 1.807) is 11.3 Å². The number of carbonyl (C=O) groups is 1. The highest BCUT2D eigenvalue weighted by molar-refractivity contribution is 7.15. The summed E-state index contributed by atoms with van der Waals surface area (Å²) < 4.78 is 0. The van der Waals surface area contributed by atoms with Gasteiger partial charge in [0.25, 0.3) is 0 Å². The predicted molar refractivity (Wildman–Crippen MR) is 92.6 cm³/mol. The number of carbonyl (C=O) groups excluding carboxylic acids is 1. The van der Waals surface area contributed by atoms with E-state index < -0.39 is 0 Å². The van der Waals surface area contributed by atoms with Crippen LogP contribution in [-0.2, 0) is 11.2 Å². The second kappa shape index (κ2) is 7.51. The molecule has 4 nitrogen and oxygen atoms in total. The summed E-state index contributed by atoms with van der Waals surface area (Å²) in [6.07, 6.45) is 0.853. The van der Waals surface area contributed by atoms with Crippen LogP contribution in [0.4, 0.5) is 5.13 Å². The Kier molecular flexibility index (Phi) is 5.69. The molecule has 1 amide bonds. The summed E-state index contributed by atoms with van der Waals surface area (Å²) in [5.41, 5.74) is 3.51. The SMILES string of the molecule is CNCC(C)C(=O)Nc1nc(C)c(Cc2ccc(C)cc2)s1. The lowest BCUT2D eigenvalue weighted by Gasteiger charge is -2.09. The van der Waals surface area contributed by atoms with Gasteiger partial charge in [-0.1, -0.05) is 36.8 Å². The summed E-state index contributed by atoms with van der Waals surface area (Å²) in [7, 11) is 1.84. The van der Waals surface area contributed by atoms with E-state index in [2.05, 4.69) is 46.8 Å². The van der Waals surface area contributed by atoms with Crippen LogP contribution in [0.1, 0.15) is 28.6 Å². The quantitative estimate of drug-likeness (QED) is 0.860. The van der Waals surface area contributed by atoms with Crippen LogP contribution < -0.4 is 10.6 Å². The predicted octanol–water partition coefficient (Wildman–Crippen LogP) is 3.14. The number of benzene rings is 1. The van der Waals surface area contributed by atoms with E-state index in [0.29, 0.717) is 11.7 Å². The van der Waals surface area contributed by atoms with Gasteiger partial charge in [-0.2, -0.15) is 0 Å². The van der Waals surface area contributed by atoms with E-state index in [9.17, 15) is 4.79 Å². The Hall–Kier alpha value is -1.72. The lowest BCUT2D eigenvalue weighted by atomic mass is 10.1. The molecule has 22 heavy (non-hydrogen) atoms. The molecule has 0 aliphatic rings. The van der Waals surface area contributed by atoms with Crippen LogP contribution in [0.5, 0.6) is 0 Å². The van der Waals surface area contributed by atoms with Crippen molar-refractivity contribution in [1.29, 1.82) is 0 Å². The molecule has 1 atom stereocenters. The van der Waals surface area contributed by atoms with Crippen LogP contribution in [0.15, 0.2) is 24.3 Å². The van der Waals surface area contributed by atoms with Crippen molar-refractivity contribution in [3.05, 3.63) is 46.0 Å². The van der Waals surface area contributed by atoms with Crippen LogP contribution in [0, 0.1) is 19.8 Å². The Morgan fingerprint density at radius 1 is 1.27 bits per heavy atom. The Morgan fingerprint density at radius 3 is 2.59 bits per heavy atom.